The zero-order valence-corrected chi connectivity index (χ0v) is 13.7. The smallest absolute Gasteiger partial charge is 0.261 e. The Balaban J connectivity index is 2.46. The van der Waals surface area contributed by atoms with Crippen LogP contribution in [0.15, 0.2) is 57.6 Å². The molecule has 0 fully saturated rings. The predicted molar refractivity (Wildman–Crippen MR) is 82.7 cm³/mol. The molecule has 1 aromatic carbocycles. The molecule has 1 aliphatic rings. The summed E-state index contributed by atoms with van der Waals surface area (Å²) in [4.78, 5) is 10.5. The maximum atomic E-state index is 12.3. The van der Waals surface area contributed by atoms with Crippen molar-refractivity contribution in [2.75, 3.05) is 0 Å². The van der Waals surface area contributed by atoms with Gasteiger partial charge in [-0.3, -0.25) is 9.52 Å². The van der Waals surface area contributed by atoms with E-state index in [2.05, 4.69) is 4.72 Å². The molecule has 1 N–H and O–H groups in total. The van der Waals surface area contributed by atoms with Gasteiger partial charge in [-0.15, -0.1) is 11.6 Å². The molecule has 0 unspecified atom stereocenters. The Morgan fingerprint density at radius 1 is 1.19 bits per heavy atom. The Bertz CT molecular complexity index is 750. The van der Waals surface area contributed by atoms with Crippen LogP contribution in [0.25, 0.3) is 0 Å². The molecular formula is C14H13Cl2NO3S. The summed E-state index contributed by atoms with van der Waals surface area (Å²) in [5.41, 5.74) is 0.556. The molecule has 1 atom stereocenters. The molecule has 0 bridgehead atoms. The van der Waals surface area contributed by atoms with Crippen molar-refractivity contribution < 1.29 is 13.2 Å². The van der Waals surface area contributed by atoms with Crippen molar-refractivity contribution in [1.29, 1.82) is 0 Å². The van der Waals surface area contributed by atoms with Crippen molar-refractivity contribution in [3.05, 3.63) is 52.7 Å². The minimum absolute atomic E-state index is 0.0336. The van der Waals surface area contributed by atoms with Crippen LogP contribution in [-0.4, -0.2) is 19.1 Å². The molecule has 0 heterocycles. The van der Waals surface area contributed by atoms with Gasteiger partial charge in [-0.05, 0) is 37.6 Å². The van der Waals surface area contributed by atoms with E-state index >= 15 is 0 Å². The van der Waals surface area contributed by atoms with Crippen molar-refractivity contribution in [3.63, 3.8) is 0 Å². The number of hydrogen-bond donors (Lipinski definition) is 1. The highest BCUT2D eigenvalue weighted by atomic mass is 35.5. The topological polar surface area (TPSA) is 63.2 Å². The van der Waals surface area contributed by atoms with E-state index in [1.807, 2.05) is 0 Å². The molecule has 0 aromatic heterocycles. The lowest BCUT2D eigenvalue weighted by Crippen LogP contribution is -2.36. The highest BCUT2D eigenvalue weighted by molar-refractivity contribution is 7.89. The molecule has 1 aromatic rings. The van der Waals surface area contributed by atoms with E-state index in [9.17, 15) is 13.2 Å². The lowest BCUT2D eigenvalue weighted by Gasteiger charge is -2.27. The van der Waals surface area contributed by atoms with Crippen LogP contribution in [0.3, 0.4) is 0 Å². The molecular weight excluding hydrogens is 333 g/mol. The van der Waals surface area contributed by atoms with Gasteiger partial charge in [0.25, 0.3) is 10.0 Å². The second-order valence-corrected chi connectivity index (χ2v) is 7.62. The summed E-state index contributed by atoms with van der Waals surface area (Å²) in [6.07, 6.45) is 1.28. The molecule has 0 spiro atoms. The van der Waals surface area contributed by atoms with Crippen molar-refractivity contribution in [3.8, 4) is 0 Å². The Morgan fingerprint density at radius 2 is 1.76 bits per heavy atom. The maximum Gasteiger partial charge on any atom is 0.261 e. The number of hydrogen-bond acceptors (Lipinski definition) is 3. The highest BCUT2D eigenvalue weighted by Gasteiger charge is 2.39. The monoisotopic (exact) mass is 345 g/mol. The van der Waals surface area contributed by atoms with Crippen LogP contribution in [0, 0.1) is 0 Å². The van der Waals surface area contributed by atoms with Gasteiger partial charge in [0, 0.05) is 0 Å². The molecule has 1 aliphatic carbocycles. The van der Waals surface area contributed by atoms with Gasteiger partial charge in [0.15, 0.2) is 5.78 Å². The average Bonchev–Trinajstić information content (AvgIpc) is 2.43. The first-order valence-corrected chi connectivity index (χ1v) is 8.30. The van der Waals surface area contributed by atoms with E-state index in [-0.39, 0.29) is 21.4 Å². The molecule has 0 saturated heterocycles. The van der Waals surface area contributed by atoms with E-state index in [0.29, 0.717) is 5.57 Å². The standard InChI is InChI=1S/C14H13Cl2NO3S/c1-9-8-11(18)14(2,16)13(15)12(9)17-21(19,20)10-6-4-3-5-7-10/h3-8,17H,1-2H3/t14-/m1/s1. The van der Waals surface area contributed by atoms with Gasteiger partial charge in [0.05, 0.1) is 15.6 Å². The van der Waals surface area contributed by atoms with E-state index in [1.165, 1.54) is 25.1 Å². The third kappa shape index (κ3) is 3.00. The van der Waals surface area contributed by atoms with Gasteiger partial charge in [0.1, 0.15) is 4.87 Å². The van der Waals surface area contributed by atoms with Crippen molar-refractivity contribution in [2.45, 2.75) is 23.6 Å². The summed E-state index contributed by atoms with van der Waals surface area (Å²) in [6.45, 7) is 3.02. The van der Waals surface area contributed by atoms with Crippen LogP contribution in [0.1, 0.15) is 13.8 Å². The number of sulfonamides is 1. The number of benzene rings is 1. The number of nitrogens with one attached hydrogen (secondary N) is 1. The summed E-state index contributed by atoms with van der Waals surface area (Å²) in [5.74, 6) is -0.380. The van der Waals surface area contributed by atoms with Gasteiger partial charge in [-0.2, -0.15) is 0 Å². The first-order valence-electron chi connectivity index (χ1n) is 6.06. The highest BCUT2D eigenvalue weighted by Crippen LogP contribution is 2.37. The fourth-order valence-corrected chi connectivity index (χ4v) is 3.50. The summed E-state index contributed by atoms with van der Waals surface area (Å²) in [6, 6.07) is 7.87. The third-order valence-corrected chi connectivity index (χ3v) is 5.53. The van der Waals surface area contributed by atoms with Crippen molar-refractivity contribution in [1.82, 2.24) is 4.72 Å². The molecule has 2 rings (SSSR count). The summed E-state index contributed by atoms with van der Waals surface area (Å²) in [5, 5.41) is -0.0336. The second-order valence-electron chi connectivity index (χ2n) is 4.80. The number of alkyl halides is 1. The van der Waals surface area contributed by atoms with Gasteiger partial charge in [-0.1, -0.05) is 29.8 Å². The molecule has 0 amide bonds. The fraction of sp³-hybridized carbons (Fsp3) is 0.214. The number of ketones is 1. The van der Waals surface area contributed by atoms with Gasteiger partial charge in [-0.25, -0.2) is 8.42 Å². The fourth-order valence-electron chi connectivity index (χ4n) is 1.84. The van der Waals surface area contributed by atoms with Gasteiger partial charge >= 0.3 is 0 Å². The summed E-state index contributed by atoms with van der Waals surface area (Å²) >= 11 is 12.2. The van der Waals surface area contributed by atoms with E-state index in [4.69, 9.17) is 23.2 Å². The number of rotatable bonds is 3. The number of halogens is 2. The first kappa shape index (κ1) is 16.1. The first-order chi connectivity index (χ1) is 9.66. The Morgan fingerprint density at radius 3 is 2.33 bits per heavy atom. The molecule has 4 nitrogen and oxygen atoms in total. The van der Waals surface area contributed by atoms with Crippen LogP contribution in [0.2, 0.25) is 0 Å². The zero-order chi connectivity index (χ0) is 15.8. The van der Waals surface area contributed by atoms with Crippen LogP contribution >= 0.6 is 23.2 Å². The SMILES string of the molecule is CC1=CC(=O)[C@@](C)(Cl)C(Cl)=C1NS(=O)(=O)c1ccccc1. The zero-order valence-electron chi connectivity index (χ0n) is 11.4. The molecule has 0 aliphatic heterocycles. The van der Waals surface area contributed by atoms with Crippen LogP contribution in [0.4, 0.5) is 0 Å². The number of allylic oxidation sites excluding steroid dienone is 3. The van der Waals surface area contributed by atoms with Gasteiger partial charge < -0.3 is 0 Å². The van der Waals surface area contributed by atoms with E-state index < -0.39 is 14.9 Å². The Kier molecular flexibility index (Phi) is 4.19. The van der Waals surface area contributed by atoms with Crippen LogP contribution in [-0.2, 0) is 14.8 Å². The summed E-state index contributed by atoms with van der Waals surface area (Å²) in [7, 11) is -3.80. The molecule has 21 heavy (non-hydrogen) atoms. The molecule has 0 saturated carbocycles. The minimum Gasteiger partial charge on any atom is -0.292 e. The molecule has 7 heteroatoms. The third-order valence-electron chi connectivity index (χ3n) is 3.13. The largest absolute Gasteiger partial charge is 0.292 e. The predicted octanol–water partition coefficient (Wildman–Crippen LogP) is 2.94. The van der Waals surface area contributed by atoms with Crippen molar-refractivity contribution >= 4 is 39.0 Å². The van der Waals surface area contributed by atoms with Gasteiger partial charge in [0.2, 0.25) is 0 Å². The lowest BCUT2D eigenvalue weighted by atomic mass is 9.94. The Hall–Kier alpha value is -1.30. The van der Waals surface area contributed by atoms with Crippen LogP contribution in [0.5, 0.6) is 0 Å². The lowest BCUT2D eigenvalue weighted by molar-refractivity contribution is -0.115. The quantitative estimate of drug-likeness (QED) is 0.856. The normalized spacial score (nSPS) is 23.0. The second kappa shape index (κ2) is 5.48. The van der Waals surface area contributed by atoms with E-state index in [1.54, 1.807) is 25.1 Å². The van der Waals surface area contributed by atoms with E-state index in [0.717, 1.165) is 0 Å². The van der Waals surface area contributed by atoms with Crippen molar-refractivity contribution in [2.24, 2.45) is 0 Å². The van der Waals surface area contributed by atoms with Crippen LogP contribution < -0.4 is 4.72 Å². The number of carbonyl (C=O) groups is 1. The molecule has 112 valence electrons. The minimum atomic E-state index is -3.80. The number of carbonyl (C=O) groups excluding carboxylic acids is 1. The molecule has 0 radical (unpaired) electrons. The maximum absolute atomic E-state index is 12.3. The average molecular weight is 346 g/mol. The summed E-state index contributed by atoms with van der Waals surface area (Å²) < 4.78 is 27.1. The Labute approximate surface area is 133 Å².